The number of hydrogen-bond donors (Lipinski definition) is 0. The van der Waals surface area contributed by atoms with Crippen LogP contribution in [0.2, 0.25) is 0 Å². The summed E-state index contributed by atoms with van der Waals surface area (Å²) in [6.45, 7) is 12.5. The minimum atomic E-state index is -0.173. The Kier molecular flexibility index (Phi) is 14.2. The number of aryl methyl sites for hydroxylation is 1. The van der Waals surface area contributed by atoms with Crippen LogP contribution < -0.4 is 0 Å². The molecule has 0 saturated carbocycles. The molecule has 0 saturated heterocycles. The van der Waals surface area contributed by atoms with Crippen molar-refractivity contribution < 1.29 is 9.59 Å². The van der Waals surface area contributed by atoms with Crippen molar-refractivity contribution in [3.8, 4) is 0 Å². The van der Waals surface area contributed by atoms with Crippen LogP contribution in [-0.2, 0) is 11.2 Å². The molecule has 1 aromatic carbocycles. The molecular formula is C17H29NO2. The van der Waals surface area contributed by atoms with Gasteiger partial charge in [0.1, 0.15) is 0 Å². The third-order valence-corrected chi connectivity index (χ3v) is 2.48. The van der Waals surface area contributed by atoms with Crippen molar-refractivity contribution in [3.63, 3.8) is 0 Å². The number of amides is 2. The molecule has 0 aliphatic carbocycles. The fourth-order valence-corrected chi connectivity index (χ4v) is 1.74. The molecule has 3 nitrogen and oxygen atoms in total. The van der Waals surface area contributed by atoms with Gasteiger partial charge in [0.25, 0.3) is 5.91 Å². The average molecular weight is 279 g/mol. The molecule has 3 heteroatoms. The van der Waals surface area contributed by atoms with Crippen molar-refractivity contribution in [1.82, 2.24) is 4.90 Å². The zero-order valence-corrected chi connectivity index (χ0v) is 13.8. The largest absolute Gasteiger partial charge is 0.281 e. The highest BCUT2D eigenvalue weighted by Gasteiger charge is 2.20. The molecule has 0 radical (unpaired) electrons. The predicted octanol–water partition coefficient (Wildman–Crippen LogP) is 4.31. The second kappa shape index (κ2) is 13.8. The molecule has 2 rings (SSSR count). The molecule has 2 amide bonds. The van der Waals surface area contributed by atoms with Crippen LogP contribution in [0.4, 0.5) is 0 Å². The first-order valence-corrected chi connectivity index (χ1v) is 7.67. The number of hydrogen-bond acceptors (Lipinski definition) is 2. The van der Waals surface area contributed by atoms with Crippen LogP contribution in [0, 0.1) is 0 Å². The maximum atomic E-state index is 11.8. The Bertz CT molecular complexity index is 375. The van der Waals surface area contributed by atoms with Gasteiger partial charge in [0.2, 0.25) is 6.41 Å². The normalized spacial score (nSPS) is 12.1. The van der Waals surface area contributed by atoms with E-state index in [9.17, 15) is 9.59 Å². The summed E-state index contributed by atoms with van der Waals surface area (Å²) in [5, 5.41) is 0. The summed E-state index contributed by atoms with van der Waals surface area (Å²) in [4.78, 5) is 23.6. The van der Waals surface area contributed by atoms with Crippen molar-refractivity contribution in [2.24, 2.45) is 0 Å². The molecule has 1 aliphatic heterocycles. The van der Waals surface area contributed by atoms with Gasteiger partial charge >= 0.3 is 0 Å². The summed E-state index contributed by atoms with van der Waals surface area (Å²) in [6, 6.07) is 7.47. The maximum Gasteiger partial charge on any atom is 0.260 e. The third kappa shape index (κ3) is 6.00. The second-order valence-corrected chi connectivity index (χ2v) is 3.36. The molecule has 0 aromatic heterocycles. The van der Waals surface area contributed by atoms with Gasteiger partial charge < -0.3 is 0 Å². The quantitative estimate of drug-likeness (QED) is 0.718. The van der Waals surface area contributed by atoms with E-state index in [1.54, 1.807) is 6.07 Å². The Morgan fingerprint density at radius 1 is 1.00 bits per heavy atom. The molecule has 0 unspecified atom stereocenters. The predicted molar refractivity (Wildman–Crippen MR) is 85.9 cm³/mol. The molecule has 114 valence electrons. The van der Waals surface area contributed by atoms with Gasteiger partial charge in [-0.15, -0.1) is 0 Å². The highest BCUT2D eigenvalue weighted by molar-refractivity contribution is 6.01. The average Bonchev–Trinajstić information content (AvgIpc) is 2.72. The number of carbonyl (C=O) groups excluding carboxylic acids is 2. The van der Waals surface area contributed by atoms with Crippen molar-refractivity contribution in [2.45, 2.75) is 54.4 Å². The van der Waals surface area contributed by atoms with E-state index in [4.69, 9.17) is 0 Å². The second-order valence-electron chi connectivity index (χ2n) is 3.36. The first-order valence-electron chi connectivity index (χ1n) is 7.67. The minimum absolute atomic E-state index is 0.173. The Labute approximate surface area is 124 Å². The van der Waals surface area contributed by atoms with E-state index in [-0.39, 0.29) is 5.91 Å². The van der Waals surface area contributed by atoms with Crippen LogP contribution in [0.25, 0.3) is 0 Å². The van der Waals surface area contributed by atoms with Gasteiger partial charge in [-0.3, -0.25) is 14.5 Å². The van der Waals surface area contributed by atoms with Gasteiger partial charge in [-0.2, -0.15) is 0 Å². The summed E-state index contributed by atoms with van der Waals surface area (Å²) >= 11 is 0. The molecule has 0 N–H and O–H groups in total. The number of benzene rings is 1. The van der Waals surface area contributed by atoms with Crippen LogP contribution in [0.15, 0.2) is 24.3 Å². The van der Waals surface area contributed by atoms with Crippen LogP contribution in [0.5, 0.6) is 0 Å². The lowest BCUT2D eigenvalue weighted by atomic mass is 10.0. The summed E-state index contributed by atoms with van der Waals surface area (Å²) in [5.41, 5.74) is 1.71. The van der Waals surface area contributed by atoms with Crippen LogP contribution in [0.3, 0.4) is 0 Å². The molecule has 0 fully saturated rings. The van der Waals surface area contributed by atoms with Crippen molar-refractivity contribution in [3.05, 3.63) is 35.4 Å². The smallest absolute Gasteiger partial charge is 0.260 e. The first-order chi connectivity index (χ1) is 9.83. The highest BCUT2D eigenvalue weighted by Crippen LogP contribution is 2.17. The maximum absolute atomic E-state index is 11.8. The van der Waals surface area contributed by atoms with E-state index in [1.807, 2.05) is 59.7 Å². The Hall–Kier alpha value is -1.64. The lowest BCUT2D eigenvalue weighted by molar-refractivity contribution is -0.115. The standard InChI is InChI=1S/C11H11NO2.3C2H6/c13-8-12-7-3-5-9-4-1-2-6-10(9)11(12)14;3*1-2/h1-2,4,6,8H,3,5,7H2;3*1-2H3. The van der Waals surface area contributed by atoms with E-state index in [0.717, 1.165) is 18.4 Å². The van der Waals surface area contributed by atoms with E-state index < -0.39 is 0 Å². The van der Waals surface area contributed by atoms with E-state index >= 15 is 0 Å². The Morgan fingerprint density at radius 3 is 2.10 bits per heavy atom. The van der Waals surface area contributed by atoms with Gasteiger partial charge in [0.15, 0.2) is 0 Å². The highest BCUT2D eigenvalue weighted by atomic mass is 16.2. The summed E-state index contributed by atoms with van der Waals surface area (Å²) < 4.78 is 0. The van der Waals surface area contributed by atoms with Gasteiger partial charge in [-0.25, -0.2) is 0 Å². The summed E-state index contributed by atoms with van der Waals surface area (Å²) in [5.74, 6) is -0.173. The molecule has 1 aliphatic rings. The van der Waals surface area contributed by atoms with Crippen molar-refractivity contribution >= 4 is 12.3 Å². The molecule has 1 aromatic rings. The zero-order chi connectivity index (χ0) is 16.0. The minimum Gasteiger partial charge on any atom is -0.281 e. The molecule has 1 heterocycles. The lowest BCUT2D eigenvalue weighted by Crippen LogP contribution is -2.29. The number of imide groups is 1. The molecule has 0 spiro atoms. The van der Waals surface area contributed by atoms with Gasteiger partial charge in [-0.1, -0.05) is 59.7 Å². The Morgan fingerprint density at radius 2 is 1.55 bits per heavy atom. The number of fused-ring (bicyclic) bond motifs is 1. The summed E-state index contributed by atoms with van der Waals surface area (Å²) in [6.07, 6.45) is 2.33. The fraction of sp³-hybridized carbons (Fsp3) is 0.529. The monoisotopic (exact) mass is 279 g/mol. The topological polar surface area (TPSA) is 37.4 Å². The number of carbonyl (C=O) groups is 2. The van der Waals surface area contributed by atoms with Gasteiger partial charge in [0, 0.05) is 12.1 Å². The molecular weight excluding hydrogens is 250 g/mol. The van der Waals surface area contributed by atoms with Crippen molar-refractivity contribution in [2.75, 3.05) is 6.54 Å². The molecule has 0 atom stereocenters. The first kappa shape index (κ1) is 20.7. The van der Waals surface area contributed by atoms with Crippen LogP contribution in [-0.4, -0.2) is 23.8 Å². The molecule has 0 bridgehead atoms. The Balaban J connectivity index is 0. The summed E-state index contributed by atoms with van der Waals surface area (Å²) in [7, 11) is 0. The fourth-order valence-electron chi connectivity index (χ4n) is 1.74. The zero-order valence-electron chi connectivity index (χ0n) is 13.8. The molecule has 20 heavy (non-hydrogen) atoms. The third-order valence-electron chi connectivity index (χ3n) is 2.48. The number of rotatable bonds is 1. The van der Waals surface area contributed by atoms with Gasteiger partial charge in [0.05, 0.1) is 0 Å². The van der Waals surface area contributed by atoms with E-state index in [1.165, 1.54) is 4.90 Å². The lowest BCUT2D eigenvalue weighted by Gasteiger charge is -2.11. The van der Waals surface area contributed by atoms with Crippen molar-refractivity contribution in [1.29, 1.82) is 0 Å². The van der Waals surface area contributed by atoms with Gasteiger partial charge in [-0.05, 0) is 24.5 Å². The SMILES string of the molecule is CC.CC.CC.O=CN1CCCc2ccccc2C1=O. The number of nitrogens with zero attached hydrogens (tertiary/aromatic N) is 1. The van der Waals surface area contributed by atoms with E-state index in [2.05, 4.69) is 0 Å². The van der Waals surface area contributed by atoms with E-state index in [0.29, 0.717) is 18.5 Å². The van der Waals surface area contributed by atoms with Crippen LogP contribution >= 0.6 is 0 Å². The van der Waals surface area contributed by atoms with Crippen LogP contribution in [0.1, 0.15) is 63.9 Å².